The maximum atomic E-state index is 5.89. The second-order valence-corrected chi connectivity index (χ2v) is 10.6. The normalized spacial score (nSPS) is 12.1. The number of aromatic nitrogens is 4. The lowest BCUT2D eigenvalue weighted by atomic mass is 9.99. The summed E-state index contributed by atoms with van der Waals surface area (Å²) < 4.78 is 8.22. The number of hydrogen-bond donors (Lipinski definition) is 0. The monoisotopic (exact) mass is 570 g/mol. The number of ether oxygens (including phenoxy) is 1. The highest BCUT2D eigenvalue weighted by atomic mass is 16.5. The molecule has 0 fully saturated rings. The van der Waals surface area contributed by atoms with Crippen molar-refractivity contribution >= 4 is 38.2 Å². The standard InChI is InChI=1S/C39H30N4O/c1-5-12-27(13-6-2)37-40-38(28-14-9-8-10-15-28)42-39(41-37)29-18-21-30(22-19-29)43-32-17-11-16-26-20-23-31-35(34(26)32)33(43)24-25(4)36(31)44-7-3/h5-24H,1,3H2,2,4H3/b13-6-,27-12+. The van der Waals surface area contributed by atoms with E-state index in [1.807, 2.05) is 55.5 Å². The summed E-state index contributed by atoms with van der Waals surface area (Å²) in [6.07, 6.45) is 9.11. The fourth-order valence-corrected chi connectivity index (χ4v) is 6.00. The molecule has 5 heteroatoms. The Morgan fingerprint density at radius 3 is 2.23 bits per heavy atom. The van der Waals surface area contributed by atoms with Crippen LogP contribution in [-0.4, -0.2) is 19.5 Å². The Balaban J connectivity index is 1.40. The number of hydrogen-bond acceptors (Lipinski definition) is 4. The van der Waals surface area contributed by atoms with Crippen LogP contribution in [0.15, 0.2) is 135 Å². The van der Waals surface area contributed by atoms with Gasteiger partial charge in [-0.3, -0.25) is 0 Å². The van der Waals surface area contributed by atoms with Crippen LogP contribution >= 0.6 is 0 Å². The van der Waals surface area contributed by atoms with Crippen molar-refractivity contribution in [2.45, 2.75) is 13.8 Å². The van der Waals surface area contributed by atoms with Crippen LogP contribution in [0.3, 0.4) is 0 Å². The van der Waals surface area contributed by atoms with E-state index in [0.29, 0.717) is 17.5 Å². The van der Waals surface area contributed by atoms with Gasteiger partial charge < -0.3 is 9.30 Å². The first-order valence-electron chi connectivity index (χ1n) is 14.6. The summed E-state index contributed by atoms with van der Waals surface area (Å²) in [6.45, 7) is 11.7. The van der Waals surface area contributed by atoms with Gasteiger partial charge >= 0.3 is 0 Å². The van der Waals surface area contributed by atoms with E-state index in [2.05, 4.69) is 85.3 Å². The molecule has 212 valence electrons. The summed E-state index contributed by atoms with van der Waals surface area (Å²) in [5.74, 6) is 2.67. The van der Waals surface area contributed by atoms with Crippen LogP contribution < -0.4 is 4.74 Å². The summed E-state index contributed by atoms with van der Waals surface area (Å²) in [5, 5.41) is 4.68. The molecule has 0 saturated heterocycles. The van der Waals surface area contributed by atoms with E-state index in [1.165, 1.54) is 22.4 Å². The van der Waals surface area contributed by atoms with Gasteiger partial charge in [-0.2, -0.15) is 0 Å². The molecule has 0 spiro atoms. The van der Waals surface area contributed by atoms with E-state index in [0.717, 1.165) is 50.1 Å². The zero-order chi connectivity index (χ0) is 30.2. The van der Waals surface area contributed by atoms with Gasteiger partial charge in [-0.25, -0.2) is 15.0 Å². The fourth-order valence-electron chi connectivity index (χ4n) is 6.00. The van der Waals surface area contributed by atoms with Gasteiger partial charge in [0.25, 0.3) is 0 Å². The Hall–Kier alpha value is -5.81. The molecular weight excluding hydrogens is 540 g/mol. The van der Waals surface area contributed by atoms with E-state index >= 15 is 0 Å². The lowest BCUT2D eigenvalue weighted by molar-refractivity contribution is 0.485. The van der Waals surface area contributed by atoms with Gasteiger partial charge in [0.05, 0.1) is 17.3 Å². The summed E-state index contributed by atoms with van der Waals surface area (Å²) >= 11 is 0. The highest BCUT2D eigenvalue weighted by Crippen LogP contribution is 2.43. The maximum Gasteiger partial charge on any atom is 0.164 e. The topological polar surface area (TPSA) is 52.8 Å². The van der Waals surface area contributed by atoms with E-state index in [-0.39, 0.29) is 0 Å². The van der Waals surface area contributed by atoms with Crippen molar-refractivity contribution in [3.05, 3.63) is 146 Å². The van der Waals surface area contributed by atoms with Crippen LogP contribution in [0.5, 0.6) is 5.75 Å². The van der Waals surface area contributed by atoms with Crippen molar-refractivity contribution < 1.29 is 4.74 Å². The lowest BCUT2D eigenvalue weighted by Gasteiger charge is -2.12. The lowest BCUT2D eigenvalue weighted by Crippen LogP contribution is -2.02. The Morgan fingerprint density at radius 1 is 0.773 bits per heavy atom. The van der Waals surface area contributed by atoms with Crippen LogP contribution in [0.1, 0.15) is 18.3 Å². The third-order valence-corrected chi connectivity index (χ3v) is 7.87. The Bertz CT molecular complexity index is 2240. The molecule has 0 radical (unpaired) electrons. The first kappa shape index (κ1) is 27.0. The van der Waals surface area contributed by atoms with Crippen LogP contribution in [-0.2, 0) is 0 Å². The van der Waals surface area contributed by atoms with Crippen molar-refractivity contribution in [3.8, 4) is 34.2 Å². The van der Waals surface area contributed by atoms with Gasteiger partial charge in [0.1, 0.15) is 5.75 Å². The molecule has 5 aromatic carbocycles. The molecule has 0 unspecified atom stereocenters. The van der Waals surface area contributed by atoms with Gasteiger partial charge in [0.2, 0.25) is 0 Å². The zero-order valence-corrected chi connectivity index (χ0v) is 24.7. The highest BCUT2D eigenvalue weighted by Gasteiger charge is 2.20. The molecule has 0 aliphatic rings. The third-order valence-electron chi connectivity index (χ3n) is 7.87. The molecule has 0 aliphatic heterocycles. The number of aryl methyl sites for hydroxylation is 1. The molecule has 0 N–H and O–H groups in total. The molecular formula is C39H30N4O. The first-order valence-corrected chi connectivity index (χ1v) is 14.6. The number of allylic oxidation sites excluding steroid dienone is 5. The molecule has 7 rings (SSSR count). The summed E-state index contributed by atoms with van der Waals surface area (Å²) in [7, 11) is 0. The van der Waals surface area contributed by atoms with Crippen LogP contribution in [0.4, 0.5) is 0 Å². The number of nitrogens with zero attached hydrogens (tertiary/aromatic N) is 4. The van der Waals surface area contributed by atoms with Crippen LogP contribution in [0.25, 0.3) is 66.6 Å². The maximum absolute atomic E-state index is 5.89. The largest absolute Gasteiger partial charge is 0.465 e. The van der Waals surface area contributed by atoms with Crippen molar-refractivity contribution in [3.63, 3.8) is 0 Å². The van der Waals surface area contributed by atoms with Crippen molar-refractivity contribution in [1.29, 1.82) is 0 Å². The van der Waals surface area contributed by atoms with Crippen LogP contribution in [0, 0.1) is 6.92 Å². The minimum atomic E-state index is 0.595. The fraction of sp³-hybridized carbons (Fsp3) is 0.0513. The first-order chi connectivity index (χ1) is 21.6. The van der Waals surface area contributed by atoms with E-state index in [9.17, 15) is 0 Å². The average molecular weight is 571 g/mol. The number of benzene rings is 5. The summed E-state index contributed by atoms with van der Waals surface area (Å²) in [5.41, 5.74) is 7.08. The van der Waals surface area contributed by atoms with Crippen molar-refractivity contribution in [2.24, 2.45) is 0 Å². The molecule has 0 bridgehead atoms. The molecule has 44 heavy (non-hydrogen) atoms. The second-order valence-electron chi connectivity index (χ2n) is 10.6. The molecule has 2 heterocycles. The van der Waals surface area contributed by atoms with Crippen LogP contribution in [0.2, 0.25) is 0 Å². The molecule has 7 aromatic rings. The SMILES string of the molecule is C=C/C=C(\C=C/C)c1nc(-c2ccccc2)nc(-c2ccc(-n3c4cccc5ccc6c(OC=C)c(C)cc3c6c54)cc2)n1. The Morgan fingerprint density at radius 2 is 1.52 bits per heavy atom. The van der Waals surface area contributed by atoms with Gasteiger partial charge in [-0.1, -0.05) is 86.0 Å². The molecule has 0 amide bonds. The van der Waals surface area contributed by atoms with Gasteiger partial charge in [0, 0.05) is 38.5 Å². The van der Waals surface area contributed by atoms with E-state index in [4.69, 9.17) is 19.7 Å². The predicted molar refractivity (Wildman–Crippen MR) is 182 cm³/mol. The Kier molecular flexibility index (Phi) is 6.83. The van der Waals surface area contributed by atoms with Crippen molar-refractivity contribution in [1.82, 2.24) is 19.5 Å². The highest BCUT2D eigenvalue weighted by molar-refractivity contribution is 6.25. The molecule has 0 saturated carbocycles. The van der Waals surface area contributed by atoms with E-state index < -0.39 is 0 Å². The molecule has 2 aromatic heterocycles. The predicted octanol–water partition coefficient (Wildman–Crippen LogP) is 9.87. The second kappa shape index (κ2) is 11.1. The average Bonchev–Trinajstić information content (AvgIpc) is 3.39. The number of rotatable bonds is 8. The quantitative estimate of drug-likeness (QED) is 0.104. The Labute approximate surface area is 256 Å². The zero-order valence-electron chi connectivity index (χ0n) is 24.7. The summed E-state index contributed by atoms with van der Waals surface area (Å²) in [6, 6.07) is 31.4. The molecule has 5 nitrogen and oxygen atoms in total. The van der Waals surface area contributed by atoms with E-state index in [1.54, 1.807) is 6.08 Å². The van der Waals surface area contributed by atoms with Gasteiger partial charge in [-0.05, 0) is 67.3 Å². The minimum Gasteiger partial charge on any atom is -0.465 e. The molecule has 0 aliphatic carbocycles. The smallest absolute Gasteiger partial charge is 0.164 e. The van der Waals surface area contributed by atoms with Gasteiger partial charge in [-0.15, -0.1) is 0 Å². The minimum absolute atomic E-state index is 0.595. The summed E-state index contributed by atoms with van der Waals surface area (Å²) in [4.78, 5) is 14.6. The third kappa shape index (κ3) is 4.46. The molecule has 0 atom stereocenters. The van der Waals surface area contributed by atoms with Gasteiger partial charge in [0.15, 0.2) is 17.5 Å². The van der Waals surface area contributed by atoms with Crippen molar-refractivity contribution in [2.75, 3.05) is 0 Å².